The molecule has 32 heavy (non-hydrogen) atoms. The van der Waals surface area contributed by atoms with Crippen LogP contribution in [0.5, 0.6) is 0 Å². The fraction of sp³-hybridized carbons (Fsp3) is 0.391. The molecule has 2 aromatic rings. The van der Waals surface area contributed by atoms with E-state index in [2.05, 4.69) is 10.0 Å². The maximum absolute atomic E-state index is 12.6. The number of carboxylic acids is 2. The predicted molar refractivity (Wildman–Crippen MR) is 122 cm³/mol. The molecule has 0 aromatic heterocycles. The molecule has 0 aliphatic rings. The Kier molecular flexibility index (Phi) is 8.94. The fourth-order valence-electron chi connectivity index (χ4n) is 3.23. The first-order chi connectivity index (χ1) is 15.0. The van der Waals surface area contributed by atoms with Crippen molar-refractivity contribution in [2.45, 2.75) is 50.6 Å². The second-order valence-electron chi connectivity index (χ2n) is 8.15. The number of hydrogen-bond donors (Lipinski definition) is 4. The van der Waals surface area contributed by atoms with Gasteiger partial charge in [-0.15, -0.1) is 0 Å². The number of carboxylic acid groups (broad SMARTS) is 2. The van der Waals surface area contributed by atoms with E-state index in [4.69, 9.17) is 0 Å². The molecule has 0 spiro atoms. The Bertz CT molecular complexity index is 1020. The summed E-state index contributed by atoms with van der Waals surface area (Å²) in [6, 6.07) is 12.1. The topological polar surface area (TPSA) is 133 Å². The molecule has 0 aliphatic carbocycles. The third-order valence-electron chi connectivity index (χ3n) is 4.98. The highest BCUT2D eigenvalue weighted by Gasteiger charge is 2.27. The molecule has 4 N–H and O–H groups in total. The normalized spacial score (nSPS) is 13.6. The number of aryl methyl sites for hydroxylation is 1. The molecule has 9 heteroatoms. The van der Waals surface area contributed by atoms with E-state index in [9.17, 15) is 28.2 Å². The van der Waals surface area contributed by atoms with Gasteiger partial charge in [0.15, 0.2) is 0 Å². The van der Waals surface area contributed by atoms with Gasteiger partial charge in [-0.25, -0.2) is 13.1 Å². The summed E-state index contributed by atoms with van der Waals surface area (Å²) in [5.74, 6) is -2.32. The first-order valence-corrected chi connectivity index (χ1v) is 11.9. The number of sulfonamides is 1. The van der Waals surface area contributed by atoms with Crippen molar-refractivity contribution in [1.29, 1.82) is 0 Å². The monoisotopic (exact) mass is 462 g/mol. The number of benzene rings is 2. The Hall–Kier alpha value is -2.75. The van der Waals surface area contributed by atoms with Crippen molar-refractivity contribution in [2.24, 2.45) is 5.92 Å². The SMILES string of the molecule is Cc1ccc(-c2ccc(S(=O)(=O)NCCC(NC(CC(C)C)C(=O)O)C(=O)O)cc2)cc1. The van der Waals surface area contributed by atoms with Gasteiger partial charge in [0.2, 0.25) is 10.0 Å². The van der Waals surface area contributed by atoms with E-state index in [-0.39, 0.29) is 30.2 Å². The summed E-state index contributed by atoms with van der Waals surface area (Å²) in [4.78, 5) is 23.0. The molecule has 0 radical (unpaired) electrons. The second kappa shape index (κ2) is 11.2. The lowest BCUT2D eigenvalue weighted by atomic mass is 10.0. The molecule has 2 aromatic carbocycles. The van der Waals surface area contributed by atoms with Crippen LogP contribution in [0.4, 0.5) is 0 Å². The molecule has 0 amide bonds. The van der Waals surface area contributed by atoms with Gasteiger partial charge < -0.3 is 10.2 Å². The van der Waals surface area contributed by atoms with Crippen LogP contribution in [0.15, 0.2) is 53.4 Å². The summed E-state index contributed by atoms with van der Waals surface area (Å²) >= 11 is 0. The van der Waals surface area contributed by atoms with E-state index in [0.717, 1.165) is 16.7 Å². The summed E-state index contributed by atoms with van der Waals surface area (Å²) in [5.41, 5.74) is 2.98. The van der Waals surface area contributed by atoms with Crippen molar-refractivity contribution in [3.05, 3.63) is 54.1 Å². The van der Waals surface area contributed by atoms with Gasteiger partial charge in [0.05, 0.1) is 4.90 Å². The molecule has 0 aliphatic heterocycles. The van der Waals surface area contributed by atoms with Crippen molar-refractivity contribution in [1.82, 2.24) is 10.0 Å². The van der Waals surface area contributed by atoms with Crippen LogP contribution in [-0.2, 0) is 19.6 Å². The van der Waals surface area contributed by atoms with Crippen LogP contribution in [0.1, 0.15) is 32.3 Å². The Labute approximate surface area is 188 Å². The predicted octanol–water partition coefficient (Wildman–Crippen LogP) is 2.87. The number of nitrogens with one attached hydrogen (secondary N) is 2. The molecular weight excluding hydrogens is 432 g/mol. The standard InChI is InChI=1S/C23H30N2O6S/c1-15(2)14-21(23(28)29)25-20(22(26)27)12-13-24-32(30,31)19-10-8-18(9-11-19)17-6-4-16(3)5-7-17/h4-11,15,20-21,24-25H,12-14H2,1-3H3,(H,26,27)(H,28,29). The lowest BCUT2D eigenvalue weighted by Crippen LogP contribution is -2.48. The molecule has 0 saturated heterocycles. The van der Waals surface area contributed by atoms with Crippen LogP contribution < -0.4 is 10.0 Å². The minimum absolute atomic E-state index is 0.0550. The number of rotatable bonds is 12. The summed E-state index contributed by atoms with van der Waals surface area (Å²) in [5, 5.41) is 21.3. The third kappa shape index (κ3) is 7.44. The van der Waals surface area contributed by atoms with E-state index in [1.54, 1.807) is 12.1 Å². The van der Waals surface area contributed by atoms with Crippen molar-refractivity contribution < 1.29 is 28.2 Å². The Morgan fingerprint density at radius 3 is 1.84 bits per heavy atom. The summed E-state index contributed by atoms with van der Waals surface area (Å²) in [6.45, 7) is 5.51. The average Bonchev–Trinajstić information content (AvgIpc) is 2.72. The molecule has 0 bridgehead atoms. The van der Waals surface area contributed by atoms with Crippen LogP contribution in [0.2, 0.25) is 0 Å². The molecule has 0 heterocycles. The third-order valence-corrected chi connectivity index (χ3v) is 6.46. The molecule has 2 unspecified atom stereocenters. The number of carbonyl (C=O) groups is 2. The first-order valence-electron chi connectivity index (χ1n) is 10.4. The van der Waals surface area contributed by atoms with Gasteiger partial charge >= 0.3 is 11.9 Å². The zero-order chi connectivity index (χ0) is 23.9. The van der Waals surface area contributed by atoms with Gasteiger partial charge in [-0.1, -0.05) is 55.8 Å². The van der Waals surface area contributed by atoms with Crippen LogP contribution in [-0.4, -0.2) is 49.2 Å². The van der Waals surface area contributed by atoms with Crippen molar-refractivity contribution in [3.63, 3.8) is 0 Å². The lowest BCUT2D eigenvalue weighted by molar-refractivity contribution is -0.143. The van der Waals surface area contributed by atoms with Crippen LogP contribution in [0.25, 0.3) is 11.1 Å². The van der Waals surface area contributed by atoms with Gasteiger partial charge in [-0.3, -0.25) is 14.9 Å². The highest BCUT2D eigenvalue weighted by atomic mass is 32.2. The highest BCUT2D eigenvalue weighted by Crippen LogP contribution is 2.21. The van der Waals surface area contributed by atoms with Gasteiger partial charge in [-0.2, -0.15) is 0 Å². The zero-order valence-corrected chi connectivity index (χ0v) is 19.2. The van der Waals surface area contributed by atoms with Crippen LogP contribution in [0.3, 0.4) is 0 Å². The van der Waals surface area contributed by atoms with E-state index in [1.165, 1.54) is 12.1 Å². The summed E-state index contributed by atoms with van der Waals surface area (Å²) in [7, 11) is -3.84. The van der Waals surface area contributed by atoms with Gasteiger partial charge in [0.1, 0.15) is 12.1 Å². The Morgan fingerprint density at radius 1 is 0.875 bits per heavy atom. The average molecular weight is 463 g/mol. The second-order valence-corrected chi connectivity index (χ2v) is 9.92. The Morgan fingerprint density at radius 2 is 1.38 bits per heavy atom. The zero-order valence-electron chi connectivity index (χ0n) is 18.4. The Balaban J connectivity index is 2.00. The van der Waals surface area contributed by atoms with Gasteiger partial charge in [0, 0.05) is 6.54 Å². The fourth-order valence-corrected chi connectivity index (χ4v) is 4.27. The smallest absolute Gasteiger partial charge is 0.320 e. The molecule has 8 nitrogen and oxygen atoms in total. The minimum atomic E-state index is -3.84. The molecule has 0 fully saturated rings. The molecular formula is C23H30N2O6S. The van der Waals surface area contributed by atoms with Crippen molar-refractivity contribution in [3.8, 4) is 11.1 Å². The number of aliphatic carboxylic acids is 2. The quantitative estimate of drug-likeness (QED) is 0.381. The van der Waals surface area contributed by atoms with Gasteiger partial charge in [-0.05, 0) is 48.9 Å². The van der Waals surface area contributed by atoms with E-state index < -0.39 is 34.0 Å². The summed E-state index contributed by atoms with van der Waals surface area (Å²) < 4.78 is 27.5. The van der Waals surface area contributed by atoms with Crippen LogP contribution >= 0.6 is 0 Å². The van der Waals surface area contributed by atoms with Crippen molar-refractivity contribution in [2.75, 3.05) is 6.54 Å². The largest absolute Gasteiger partial charge is 0.480 e. The maximum Gasteiger partial charge on any atom is 0.320 e. The minimum Gasteiger partial charge on any atom is -0.480 e. The maximum atomic E-state index is 12.6. The van der Waals surface area contributed by atoms with Gasteiger partial charge in [0.25, 0.3) is 0 Å². The number of hydrogen-bond acceptors (Lipinski definition) is 5. The highest BCUT2D eigenvalue weighted by molar-refractivity contribution is 7.89. The molecule has 2 rings (SSSR count). The van der Waals surface area contributed by atoms with E-state index >= 15 is 0 Å². The van der Waals surface area contributed by atoms with E-state index in [1.807, 2.05) is 45.0 Å². The lowest BCUT2D eigenvalue weighted by Gasteiger charge is -2.21. The van der Waals surface area contributed by atoms with Crippen LogP contribution in [0, 0.1) is 12.8 Å². The molecule has 2 atom stereocenters. The molecule has 174 valence electrons. The van der Waals surface area contributed by atoms with Crippen molar-refractivity contribution >= 4 is 22.0 Å². The first kappa shape index (κ1) is 25.5. The van der Waals surface area contributed by atoms with E-state index in [0.29, 0.717) is 0 Å². The summed E-state index contributed by atoms with van der Waals surface area (Å²) in [6.07, 6.45) is 0.163. The molecule has 0 saturated carbocycles.